The summed E-state index contributed by atoms with van der Waals surface area (Å²) in [5, 5.41) is 11.4. The Morgan fingerprint density at radius 3 is 1.80 bits per heavy atom. The van der Waals surface area contributed by atoms with Crippen LogP contribution in [0.15, 0.2) is 60.7 Å². The number of benzene rings is 2. The number of aliphatic hydroxyl groups excluding tert-OH is 1. The first-order chi connectivity index (χ1) is 19.5. The van der Waals surface area contributed by atoms with E-state index in [9.17, 15) is 5.11 Å². The molecule has 2 saturated carbocycles. The van der Waals surface area contributed by atoms with Crippen LogP contribution in [0.2, 0.25) is 0 Å². The highest BCUT2D eigenvalue weighted by Crippen LogP contribution is 2.71. The van der Waals surface area contributed by atoms with Gasteiger partial charge < -0.3 is 33.5 Å². The zero-order chi connectivity index (χ0) is 27.7. The maximum Gasteiger partial charge on any atom is 0.187 e. The molecular formula is C33H44O7. The lowest BCUT2D eigenvalue weighted by Crippen LogP contribution is -2.68. The Morgan fingerprint density at radius 2 is 1.25 bits per heavy atom. The third-order valence-electron chi connectivity index (χ3n) is 10.1. The summed E-state index contributed by atoms with van der Waals surface area (Å²) >= 11 is 0. The second kappa shape index (κ2) is 11.4. The third kappa shape index (κ3) is 4.74. The van der Waals surface area contributed by atoms with Gasteiger partial charge in [0.2, 0.25) is 0 Å². The van der Waals surface area contributed by atoms with Gasteiger partial charge in [0.15, 0.2) is 12.1 Å². The van der Waals surface area contributed by atoms with Crippen molar-refractivity contribution in [2.24, 2.45) is 11.8 Å². The summed E-state index contributed by atoms with van der Waals surface area (Å²) in [6.07, 6.45) is 5.68. The van der Waals surface area contributed by atoms with Crippen molar-refractivity contribution in [3.05, 3.63) is 71.8 Å². The predicted molar refractivity (Wildman–Crippen MR) is 149 cm³/mol. The second-order valence-corrected chi connectivity index (χ2v) is 12.0. The molecule has 1 unspecified atom stereocenters. The smallest absolute Gasteiger partial charge is 0.187 e. The molecule has 1 N–H and O–H groups in total. The van der Waals surface area contributed by atoms with Crippen LogP contribution in [-0.4, -0.2) is 47.6 Å². The molecule has 218 valence electrons. The quantitative estimate of drug-likeness (QED) is 0.253. The van der Waals surface area contributed by atoms with Crippen molar-refractivity contribution in [2.75, 3.05) is 13.6 Å². The van der Waals surface area contributed by atoms with Crippen molar-refractivity contribution in [1.82, 2.24) is 0 Å². The molecule has 2 aliphatic carbocycles. The van der Waals surface area contributed by atoms with E-state index in [0.29, 0.717) is 13.2 Å². The van der Waals surface area contributed by atoms with E-state index in [0.717, 1.165) is 62.5 Å². The molecule has 7 nitrogen and oxygen atoms in total. The number of aliphatic hydroxyl groups is 1. The highest BCUT2D eigenvalue weighted by Gasteiger charge is 2.81. The lowest BCUT2D eigenvalue weighted by atomic mass is 9.53. The number of hydrogen-bond acceptors (Lipinski definition) is 7. The lowest BCUT2D eigenvalue weighted by molar-refractivity contribution is -0.324. The largest absolute Gasteiger partial charge is 0.365 e. The minimum atomic E-state index is -0.976. The van der Waals surface area contributed by atoms with Crippen molar-refractivity contribution in [1.29, 1.82) is 0 Å². The first-order valence-corrected chi connectivity index (χ1v) is 15.1. The van der Waals surface area contributed by atoms with Crippen LogP contribution >= 0.6 is 0 Å². The zero-order valence-electron chi connectivity index (χ0n) is 23.9. The van der Waals surface area contributed by atoms with Crippen molar-refractivity contribution < 1.29 is 33.5 Å². The van der Waals surface area contributed by atoms with E-state index in [2.05, 4.69) is 38.1 Å². The first kappa shape index (κ1) is 28.3. The second-order valence-electron chi connectivity index (χ2n) is 12.0. The van der Waals surface area contributed by atoms with E-state index in [1.807, 2.05) is 36.4 Å². The van der Waals surface area contributed by atoms with Gasteiger partial charge in [0, 0.05) is 12.3 Å². The van der Waals surface area contributed by atoms with Crippen LogP contribution in [0.4, 0.5) is 0 Å². The highest BCUT2D eigenvalue weighted by molar-refractivity contribution is 5.24. The monoisotopic (exact) mass is 552 g/mol. The molecule has 7 heteroatoms. The lowest BCUT2D eigenvalue weighted by Gasteiger charge is -2.59. The van der Waals surface area contributed by atoms with Gasteiger partial charge in [0.05, 0.1) is 30.3 Å². The summed E-state index contributed by atoms with van der Waals surface area (Å²) in [5.41, 5.74) is 0.402. The maximum absolute atomic E-state index is 11.4. The van der Waals surface area contributed by atoms with Gasteiger partial charge in [-0.2, -0.15) is 0 Å². The Hall–Kier alpha value is -1.84. The molecule has 2 aromatic carbocycles. The Labute approximate surface area is 238 Å². The van der Waals surface area contributed by atoms with Gasteiger partial charge in [0.1, 0.15) is 19.2 Å². The van der Waals surface area contributed by atoms with Crippen LogP contribution in [0, 0.1) is 11.8 Å². The van der Waals surface area contributed by atoms with Crippen LogP contribution in [-0.2, 0) is 41.6 Å². The van der Waals surface area contributed by atoms with Crippen molar-refractivity contribution in [3.8, 4) is 0 Å². The van der Waals surface area contributed by atoms with Gasteiger partial charge >= 0.3 is 0 Å². The van der Waals surface area contributed by atoms with Crippen LogP contribution < -0.4 is 0 Å². The van der Waals surface area contributed by atoms with Crippen molar-refractivity contribution >= 4 is 0 Å². The van der Waals surface area contributed by atoms with Crippen LogP contribution in [0.25, 0.3) is 0 Å². The summed E-state index contributed by atoms with van der Waals surface area (Å²) in [6, 6.07) is 20.3. The molecule has 4 fully saturated rings. The van der Waals surface area contributed by atoms with Crippen molar-refractivity contribution in [3.63, 3.8) is 0 Å². The normalized spacial score (nSPS) is 38.2. The standard InChI is InChI=1S/C33H44O7/c1-3-30(37-23-35-21-25-13-7-5-8-14-25)17-11-19-32-27(30)28-31(4-2,18-12-20-33(28,40-32)39-29(32)34)38-24-36-22-26-15-9-6-10-16-26/h5-10,13-16,27-29,34H,3-4,11-12,17-24H2,1-2H3/t27-,28-,29?,30-,31-,32-,33+/m0/s1. The average Bonchev–Trinajstić information content (AvgIpc) is 3.45. The van der Waals surface area contributed by atoms with E-state index < -0.39 is 28.9 Å². The Kier molecular flexibility index (Phi) is 8.09. The van der Waals surface area contributed by atoms with E-state index in [1.54, 1.807) is 0 Å². The minimum absolute atomic E-state index is 0.0859. The molecule has 7 atom stereocenters. The molecular weight excluding hydrogens is 508 g/mol. The summed E-state index contributed by atoms with van der Waals surface area (Å²) < 4.78 is 38.9. The fourth-order valence-electron chi connectivity index (χ4n) is 8.34. The fraction of sp³-hybridized carbons (Fsp3) is 0.636. The number of fused-ring (bicyclic) bond motifs is 1. The van der Waals surface area contributed by atoms with Gasteiger partial charge in [-0.25, -0.2) is 0 Å². The van der Waals surface area contributed by atoms with E-state index in [-0.39, 0.29) is 25.4 Å². The first-order valence-electron chi connectivity index (χ1n) is 15.1. The molecule has 6 rings (SSSR count). The van der Waals surface area contributed by atoms with Gasteiger partial charge in [-0.15, -0.1) is 0 Å². The molecule has 2 aromatic rings. The predicted octanol–water partition coefficient (Wildman–Crippen LogP) is 6.08. The molecule has 2 bridgehead atoms. The maximum atomic E-state index is 11.4. The van der Waals surface area contributed by atoms with Gasteiger partial charge in [-0.05, 0) is 56.1 Å². The SMILES string of the molecule is CC[C@]1(OCOCc2ccccc2)CCC[C@]23OC(O)[C@@]4(CCC[C@](CC)(OCOCc5ccccc5)[C@@H]4[C@@H]12)O3. The van der Waals surface area contributed by atoms with Crippen LogP contribution in [0.3, 0.4) is 0 Å². The van der Waals surface area contributed by atoms with E-state index >= 15 is 0 Å². The van der Waals surface area contributed by atoms with Gasteiger partial charge in [-0.3, -0.25) is 0 Å². The molecule has 40 heavy (non-hydrogen) atoms. The van der Waals surface area contributed by atoms with Gasteiger partial charge in [-0.1, -0.05) is 74.5 Å². The number of rotatable bonds is 12. The zero-order valence-corrected chi connectivity index (χ0v) is 23.9. The highest BCUT2D eigenvalue weighted by atomic mass is 16.8. The van der Waals surface area contributed by atoms with Crippen molar-refractivity contribution in [2.45, 2.75) is 107 Å². The van der Waals surface area contributed by atoms with Crippen LogP contribution in [0.5, 0.6) is 0 Å². The number of ether oxygens (including phenoxy) is 6. The number of hydrogen-bond donors (Lipinski definition) is 1. The summed E-state index contributed by atoms with van der Waals surface area (Å²) in [5.74, 6) is -1.05. The molecule has 4 aliphatic rings. The Balaban J connectivity index is 1.24. The third-order valence-corrected chi connectivity index (χ3v) is 10.1. The molecule has 0 aromatic heterocycles. The van der Waals surface area contributed by atoms with Crippen LogP contribution in [0.1, 0.15) is 76.3 Å². The molecule has 0 radical (unpaired) electrons. The topological polar surface area (TPSA) is 75.6 Å². The molecule has 0 amide bonds. The van der Waals surface area contributed by atoms with E-state index in [4.69, 9.17) is 28.4 Å². The summed E-state index contributed by atoms with van der Waals surface area (Å²) in [6.45, 7) is 5.74. The summed E-state index contributed by atoms with van der Waals surface area (Å²) in [4.78, 5) is 0. The Bertz CT molecular complexity index is 1110. The fourth-order valence-corrected chi connectivity index (χ4v) is 8.34. The molecule has 2 spiro atoms. The minimum Gasteiger partial charge on any atom is -0.365 e. The van der Waals surface area contributed by atoms with E-state index in [1.165, 1.54) is 0 Å². The molecule has 2 saturated heterocycles. The molecule has 2 aliphatic heterocycles. The Morgan fingerprint density at radius 1 is 0.725 bits per heavy atom. The summed E-state index contributed by atoms with van der Waals surface area (Å²) in [7, 11) is 0. The van der Waals surface area contributed by atoms with Gasteiger partial charge in [0.25, 0.3) is 0 Å². The molecule has 2 heterocycles. The average molecular weight is 553 g/mol.